The van der Waals surface area contributed by atoms with Crippen molar-refractivity contribution in [3.63, 3.8) is 0 Å². The van der Waals surface area contributed by atoms with Crippen LogP contribution < -0.4 is 0 Å². The minimum Gasteiger partial charge on any atom is -0.338 e. The number of allylic oxidation sites excluding steroid dienone is 1. The summed E-state index contributed by atoms with van der Waals surface area (Å²) in [5, 5.41) is 0. The van der Waals surface area contributed by atoms with E-state index in [0.717, 1.165) is 27.1 Å². The summed E-state index contributed by atoms with van der Waals surface area (Å²) in [6, 6.07) is 8.10. The van der Waals surface area contributed by atoms with Crippen molar-refractivity contribution < 1.29 is 0 Å². The van der Waals surface area contributed by atoms with Gasteiger partial charge in [0.2, 0.25) is 0 Å². The third kappa shape index (κ3) is 2.18. The zero-order valence-corrected chi connectivity index (χ0v) is 10.0. The number of aromatic amines is 1. The van der Waals surface area contributed by atoms with Gasteiger partial charge in [-0.3, -0.25) is 0 Å². The Kier molecular flexibility index (Phi) is 2.73. The van der Waals surface area contributed by atoms with Gasteiger partial charge in [0.05, 0.1) is 11.9 Å². The van der Waals surface area contributed by atoms with Crippen molar-refractivity contribution in [3.05, 3.63) is 47.3 Å². The lowest BCUT2D eigenvalue weighted by Crippen LogP contribution is -1.81. The average Bonchev–Trinajstić information content (AvgIpc) is 2.68. The first-order valence-corrected chi connectivity index (χ1v) is 5.43. The third-order valence-electron chi connectivity index (χ3n) is 2.14. The first kappa shape index (κ1) is 10.2. The van der Waals surface area contributed by atoms with Crippen molar-refractivity contribution in [1.29, 1.82) is 0 Å². The van der Waals surface area contributed by atoms with Crippen LogP contribution >= 0.6 is 15.9 Å². The summed E-state index contributed by atoms with van der Waals surface area (Å²) in [6.45, 7) is 5.78. The fourth-order valence-corrected chi connectivity index (χ4v) is 1.58. The molecule has 0 fully saturated rings. The van der Waals surface area contributed by atoms with E-state index in [-0.39, 0.29) is 0 Å². The molecule has 76 valence electrons. The van der Waals surface area contributed by atoms with E-state index in [1.165, 1.54) is 0 Å². The van der Waals surface area contributed by atoms with E-state index in [4.69, 9.17) is 0 Å². The highest BCUT2D eigenvalue weighted by molar-refractivity contribution is 9.10. The fraction of sp³-hybridized carbons (Fsp3) is 0.0833. The molecule has 0 aliphatic carbocycles. The van der Waals surface area contributed by atoms with Crippen LogP contribution in [-0.2, 0) is 0 Å². The zero-order valence-electron chi connectivity index (χ0n) is 8.42. The van der Waals surface area contributed by atoms with Crippen LogP contribution in [0, 0.1) is 0 Å². The predicted molar refractivity (Wildman–Crippen MR) is 66.4 cm³/mol. The van der Waals surface area contributed by atoms with E-state index in [1.807, 2.05) is 37.4 Å². The van der Waals surface area contributed by atoms with Crippen molar-refractivity contribution in [1.82, 2.24) is 9.97 Å². The van der Waals surface area contributed by atoms with Crippen molar-refractivity contribution in [2.24, 2.45) is 0 Å². The fourth-order valence-electron chi connectivity index (χ4n) is 1.31. The van der Waals surface area contributed by atoms with E-state index < -0.39 is 0 Å². The Hall–Kier alpha value is -1.35. The minimum absolute atomic E-state index is 0.841. The maximum atomic E-state index is 4.25. The lowest BCUT2D eigenvalue weighted by molar-refractivity contribution is 1.23. The van der Waals surface area contributed by atoms with E-state index >= 15 is 0 Å². The van der Waals surface area contributed by atoms with Crippen LogP contribution in [0.3, 0.4) is 0 Å². The van der Waals surface area contributed by atoms with Gasteiger partial charge in [-0.2, -0.15) is 0 Å². The summed E-state index contributed by atoms with van der Waals surface area (Å²) in [5.41, 5.74) is 3.08. The molecular weight excluding hydrogens is 252 g/mol. The number of nitrogens with zero attached hydrogens (tertiary/aromatic N) is 1. The number of H-pyrrole nitrogens is 1. The van der Waals surface area contributed by atoms with Gasteiger partial charge in [0.1, 0.15) is 5.82 Å². The van der Waals surface area contributed by atoms with Crippen LogP contribution in [-0.4, -0.2) is 9.97 Å². The highest BCUT2D eigenvalue weighted by Crippen LogP contribution is 2.21. The second-order valence-corrected chi connectivity index (χ2v) is 4.35. The molecule has 0 amide bonds. The van der Waals surface area contributed by atoms with E-state index in [9.17, 15) is 0 Å². The van der Waals surface area contributed by atoms with Gasteiger partial charge in [0.25, 0.3) is 0 Å². The molecule has 2 rings (SSSR count). The lowest BCUT2D eigenvalue weighted by atomic mass is 10.2. The van der Waals surface area contributed by atoms with Gasteiger partial charge in [-0.15, -0.1) is 0 Å². The Morgan fingerprint density at radius 3 is 2.53 bits per heavy atom. The second-order valence-electron chi connectivity index (χ2n) is 3.43. The SMILES string of the molecule is C=C(C)c1ncc(-c2ccc(Br)cc2)[nH]1. The van der Waals surface area contributed by atoms with E-state index in [2.05, 4.69) is 32.5 Å². The first-order chi connectivity index (χ1) is 7.16. The molecule has 1 N–H and O–H groups in total. The molecule has 2 aromatic rings. The molecule has 3 heteroatoms. The lowest BCUT2D eigenvalue weighted by Gasteiger charge is -1.97. The maximum Gasteiger partial charge on any atom is 0.132 e. The summed E-state index contributed by atoms with van der Waals surface area (Å²) < 4.78 is 1.07. The summed E-state index contributed by atoms with van der Waals surface area (Å²) in [5.74, 6) is 0.841. The smallest absolute Gasteiger partial charge is 0.132 e. The molecule has 1 aromatic carbocycles. The molecule has 0 radical (unpaired) electrons. The number of imidazole rings is 1. The summed E-state index contributed by atoms with van der Waals surface area (Å²) in [6.07, 6.45) is 1.83. The van der Waals surface area contributed by atoms with Crippen molar-refractivity contribution >= 4 is 21.5 Å². The molecular formula is C12H11BrN2. The van der Waals surface area contributed by atoms with Crippen molar-refractivity contribution in [2.45, 2.75) is 6.92 Å². The zero-order chi connectivity index (χ0) is 10.8. The van der Waals surface area contributed by atoms with Crippen LogP contribution in [0.15, 0.2) is 41.5 Å². The number of hydrogen-bond donors (Lipinski definition) is 1. The molecule has 0 unspecified atom stereocenters. The van der Waals surface area contributed by atoms with E-state index in [0.29, 0.717) is 0 Å². The Bertz CT molecular complexity index is 483. The molecule has 0 atom stereocenters. The molecule has 0 bridgehead atoms. The van der Waals surface area contributed by atoms with Crippen molar-refractivity contribution in [2.75, 3.05) is 0 Å². The van der Waals surface area contributed by atoms with Crippen LogP contribution in [0.4, 0.5) is 0 Å². The predicted octanol–water partition coefficient (Wildman–Crippen LogP) is 3.87. The average molecular weight is 263 g/mol. The van der Waals surface area contributed by atoms with Crippen LogP contribution in [0.25, 0.3) is 16.8 Å². The molecule has 0 aliphatic rings. The van der Waals surface area contributed by atoms with Gasteiger partial charge >= 0.3 is 0 Å². The van der Waals surface area contributed by atoms with Gasteiger partial charge < -0.3 is 4.98 Å². The normalized spacial score (nSPS) is 10.3. The Labute approximate surface area is 97.2 Å². The molecule has 1 aromatic heterocycles. The number of benzene rings is 1. The Morgan fingerprint density at radius 1 is 1.33 bits per heavy atom. The largest absolute Gasteiger partial charge is 0.338 e. The van der Waals surface area contributed by atoms with Crippen LogP contribution in [0.1, 0.15) is 12.7 Å². The Balaban J connectivity index is 2.37. The molecule has 15 heavy (non-hydrogen) atoms. The minimum atomic E-state index is 0.841. The van der Waals surface area contributed by atoms with Gasteiger partial charge in [0, 0.05) is 4.47 Å². The third-order valence-corrected chi connectivity index (χ3v) is 2.66. The summed E-state index contributed by atoms with van der Waals surface area (Å²) in [7, 11) is 0. The molecule has 0 aliphatic heterocycles. The van der Waals surface area contributed by atoms with Crippen molar-refractivity contribution in [3.8, 4) is 11.3 Å². The monoisotopic (exact) mass is 262 g/mol. The maximum absolute atomic E-state index is 4.25. The standard InChI is InChI=1S/C12H11BrN2/c1-8(2)12-14-7-11(15-12)9-3-5-10(13)6-4-9/h3-7H,1H2,2H3,(H,14,15). The molecule has 0 saturated heterocycles. The molecule has 0 saturated carbocycles. The highest BCUT2D eigenvalue weighted by Gasteiger charge is 2.02. The van der Waals surface area contributed by atoms with Gasteiger partial charge in [-0.05, 0) is 30.2 Å². The van der Waals surface area contributed by atoms with Gasteiger partial charge in [-0.1, -0.05) is 34.6 Å². The number of rotatable bonds is 2. The van der Waals surface area contributed by atoms with Gasteiger partial charge in [0.15, 0.2) is 0 Å². The number of hydrogen-bond acceptors (Lipinski definition) is 1. The van der Waals surface area contributed by atoms with Gasteiger partial charge in [-0.25, -0.2) is 4.98 Å². The Morgan fingerprint density at radius 2 is 2.00 bits per heavy atom. The molecule has 2 nitrogen and oxygen atoms in total. The quantitative estimate of drug-likeness (QED) is 0.875. The molecule has 0 spiro atoms. The number of aromatic nitrogens is 2. The summed E-state index contributed by atoms with van der Waals surface area (Å²) in [4.78, 5) is 7.47. The molecule has 1 heterocycles. The van der Waals surface area contributed by atoms with Crippen LogP contribution in [0.5, 0.6) is 0 Å². The highest BCUT2D eigenvalue weighted by atomic mass is 79.9. The number of halogens is 1. The summed E-state index contributed by atoms with van der Waals surface area (Å²) >= 11 is 3.41. The van der Waals surface area contributed by atoms with Crippen LogP contribution in [0.2, 0.25) is 0 Å². The second kappa shape index (κ2) is 4.03. The first-order valence-electron chi connectivity index (χ1n) is 4.63. The van der Waals surface area contributed by atoms with E-state index in [1.54, 1.807) is 0 Å². The topological polar surface area (TPSA) is 28.7 Å². The number of nitrogens with one attached hydrogen (secondary N) is 1.